The van der Waals surface area contributed by atoms with Crippen LogP contribution in [0, 0.1) is 0 Å². The van der Waals surface area contributed by atoms with Crippen molar-refractivity contribution in [3.05, 3.63) is 53.1 Å². The van der Waals surface area contributed by atoms with Crippen molar-refractivity contribution in [2.45, 2.75) is 13.0 Å². The van der Waals surface area contributed by atoms with Crippen molar-refractivity contribution in [1.82, 2.24) is 10.6 Å². The number of nitrogens with one attached hydrogen (secondary N) is 2. The Morgan fingerprint density at radius 3 is 2.42 bits per heavy atom. The van der Waals surface area contributed by atoms with Crippen molar-refractivity contribution in [1.29, 1.82) is 0 Å². The summed E-state index contributed by atoms with van der Waals surface area (Å²) in [6, 6.07) is 12.0. The molecule has 0 fully saturated rings. The quantitative estimate of drug-likeness (QED) is 0.685. The molecule has 0 saturated carbocycles. The number of urea groups is 1. The molecule has 2 amide bonds. The Kier molecular flexibility index (Phi) is 7.41. The second-order valence-corrected chi connectivity index (χ2v) is 5.97. The molecule has 0 spiro atoms. The number of halogens is 1. The molecule has 0 aliphatic rings. The summed E-state index contributed by atoms with van der Waals surface area (Å²) in [4.78, 5) is 12.1. The van der Waals surface area contributed by atoms with Crippen LogP contribution in [0.3, 0.4) is 0 Å². The van der Waals surface area contributed by atoms with Gasteiger partial charge in [0.05, 0.1) is 26.8 Å². The Labute approximate surface area is 158 Å². The van der Waals surface area contributed by atoms with Gasteiger partial charge < -0.3 is 24.8 Å². The number of hydrogen-bond acceptors (Lipinski definition) is 4. The van der Waals surface area contributed by atoms with E-state index < -0.39 is 0 Å². The number of carbonyl (C=O) groups excluding carboxylic acids is 1. The molecule has 7 heteroatoms. The molecule has 2 aromatic rings. The molecule has 1 unspecified atom stereocenters. The molecule has 0 heterocycles. The van der Waals surface area contributed by atoms with E-state index in [4.69, 9.17) is 25.8 Å². The first-order valence-electron chi connectivity index (χ1n) is 8.18. The summed E-state index contributed by atoms with van der Waals surface area (Å²) in [7, 11) is 3.18. The number of carbonyl (C=O) groups is 1. The van der Waals surface area contributed by atoms with Crippen LogP contribution in [-0.4, -0.2) is 33.4 Å². The maximum atomic E-state index is 12.1. The molecule has 0 radical (unpaired) electrons. The monoisotopic (exact) mass is 378 g/mol. The number of benzene rings is 2. The molecule has 0 aromatic heterocycles. The second-order valence-electron chi connectivity index (χ2n) is 5.53. The molecule has 2 N–H and O–H groups in total. The van der Waals surface area contributed by atoms with Crippen LogP contribution in [0.2, 0.25) is 5.02 Å². The Balaban J connectivity index is 1.80. The van der Waals surface area contributed by atoms with Crippen molar-refractivity contribution in [2.75, 3.05) is 27.4 Å². The number of methoxy groups -OCH3 is 2. The number of hydrogen-bond donors (Lipinski definition) is 2. The van der Waals surface area contributed by atoms with Gasteiger partial charge in [0.15, 0.2) is 0 Å². The second kappa shape index (κ2) is 9.77. The fourth-order valence-electron chi connectivity index (χ4n) is 2.37. The highest BCUT2D eigenvalue weighted by molar-refractivity contribution is 6.30. The van der Waals surface area contributed by atoms with Crippen LogP contribution in [0.15, 0.2) is 42.5 Å². The van der Waals surface area contributed by atoms with Gasteiger partial charge in [0, 0.05) is 10.6 Å². The van der Waals surface area contributed by atoms with Gasteiger partial charge in [0.25, 0.3) is 0 Å². The lowest BCUT2D eigenvalue weighted by molar-refractivity contribution is 0.233. The average molecular weight is 379 g/mol. The van der Waals surface area contributed by atoms with Gasteiger partial charge in [0.1, 0.15) is 23.9 Å². The van der Waals surface area contributed by atoms with Crippen molar-refractivity contribution in [2.24, 2.45) is 0 Å². The molecular formula is C19H23ClN2O4. The zero-order valence-corrected chi connectivity index (χ0v) is 15.8. The first-order valence-corrected chi connectivity index (χ1v) is 8.56. The Morgan fingerprint density at radius 2 is 1.77 bits per heavy atom. The van der Waals surface area contributed by atoms with Gasteiger partial charge in [-0.25, -0.2) is 4.79 Å². The maximum absolute atomic E-state index is 12.1. The van der Waals surface area contributed by atoms with E-state index in [1.165, 1.54) is 0 Å². The number of amides is 2. The standard InChI is InChI=1S/C19H23ClN2O4/c1-13(17-12-16(24-2)8-9-18(17)25-3)22-19(23)21-10-11-26-15-6-4-14(20)5-7-15/h4-9,12-13H,10-11H2,1-3H3,(H2,21,22,23). The molecule has 140 valence electrons. The van der Waals surface area contributed by atoms with Gasteiger partial charge in [0.2, 0.25) is 0 Å². The SMILES string of the molecule is COc1ccc(OC)c(C(C)NC(=O)NCCOc2ccc(Cl)cc2)c1. The van der Waals surface area contributed by atoms with Crippen molar-refractivity contribution in [3.8, 4) is 17.2 Å². The normalized spacial score (nSPS) is 11.4. The van der Waals surface area contributed by atoms with Crippen LogP contribution >= 0.6 is 11.6 Å². The van der Waals surface area contributed by atoms with Gasteiger partial charge in [-0.05, 0) is 49.4 Å². The molecule has 0 aliphatic heterocycles. The van der Waals surface area contributed by atoms with E-state index in [0.29, 0.717) is 35.4 Å². The van der Waals surface area contributed by atoms with E-state index in [2.05, 4.69) is 10.6 Å². The molecule has 1 atom stereocenters. The predicted octanol–water partition coefficient (Wildman–Crippen LogP) is 3.80. The van der Waals surface area contributed by atoms with E-state index in [-0.39, 0.29) is 12.1 Å². The minimum Gasteiger partial charge on any atom is -0.497 e. The lowest BCUT2D eigenvalue weighted by atomic mass is 10.1. The van der Waals surface area contributed by atoms with Gasteiger partial charge in [-0.3, -0.25) is 0 Å². The number of ether oxygens (including phenoxy) is 3. The summed E-state index contributed by atoms with van der Waals surface area (Å²) >= 11 is 5.82. The molecule has 2 rings (SSSR count). The van der Waals surface area contributed by atoms with Gasteiger partial charge >= 0.3 is 6.03 Å². The molecule has 0 aliphatic carbocycles. The third kappa shape index (κ3) is 5.74. The summed E-state index contributed by atoms with van der Waals surface area (Å²) in [5.74, 6) is 2.09. The van der Waals surface area contributed by atoms with Crippen LogP contribution in [0.1, 0.15) is 18.5 Å². The largest absolute Gasteiger partial charge is 0.497 e. The molecule has 26 heavy (non-hydrogen) atoms. The molecular weight excluding hydrogens is 356 g/mol. The van der Waals surface area contributed by atoms with Crippen LogP contribution in [0.5, 0.6) is 17.2 Å². The topological polar surface area (TPSA) is 68.8 Å². The zero-order chi connectivity index (χ0) is 18.9. The third-order valence-electron chi connectivity index (χ3n) is 3.72. The molecule has 6 nitrogen and oxygen atoms in total. The summed E-state index contributed by atoms with van der Waals surface area (Å²) in [6.45, 7) is 2.60. The van der Waals surface area contributed by atoms with Crippen molar-refractivity contribution >= 4 is 17.6 Å². The first kappa shape index (κ1) is 19.7. The van der Waals surface area contributed by atoms with E-state index >= 15 is 0 Å². The summed E-state index contributed by atoms with van der Waals surface area (Å²) in [5, 5.41) is 6.28. The van der Waals surface area contributed by atoms with Crippen LogP contribution in [0.4, 0.5) is 4.79 Å². The van der Waals surface area contributed by atoms with Crippen molar-refractivity contribution in [3.63, 3.8) is 0 Å². The lowest BCUT2D eigenvalue weighted by Crippen LogP contribution is -2.39. The lowest BCUT2D eigenvalue weighted by Gasteiger charge is -2.18. The highest BCUT2D eigenvalue weighted by atomic mass is 35.5. The van der Waals surface area contributed by atoms with Crippen LogP contribution < -0.4 is 24.8 Å². The average Bonchev–Trinajstić information content (AvgIpc) is 2.66. The predicted molar refractivity (Wildman–Crippen MR) is 101 cm³/mol. The molecule has 0 bridgehead atoms. The van der Waals surface area contributed by atoms with E-state index in [9.17, 15) is 4.79 Å². The summed E-state index contributed by atoms with van der Waals surface area (Å²) in [5.41, 5.74) is 0.833. The fourth-order valence-corrected chi connectivity index (χ4v) is 2.49. The van der Waals surface area contributed by atoms with Gasteiger partial charge in [-0.2, -0.15) is 0 Å². The molecule has 0 saturated heterocycles. The number of rotatable bonds is 8. The minimum atomic E-state index is -0.290. The van der Waals surface area contributed by atoms with E-state index in [1.807, 2.05) is 25.1 Å². The smallest absolute Gasteiger partial charge is 0.315 e. The summed E-state index contributed by atoms with van der Waals surface area (Å²) < 4.78 is 16.1. The van der Waals surface area contributed by atoms with Crippen LogP contribution in [-0.2, 0) is 0 Å². The highest BCUT2D eigenvalue weighted by Gasteiger charge is 2.15. The van der Waals surface area contributed by atoms with Gasteiger partial charge in [-0.1, -0.05) is 11.6 Å². The van der Waals surface area contributed by atoms with Crippen molar-refractivity contribution < 1.29 is 19.0 Å². The molecule has 2 aromatic carbocycles. The summed E-state index contributed by atoms with van der Waals surface area (Å²) in [6.07, 6.45) is 0. The highest BCUT2D eigenvalue weighted by Crippen LogP contribution is 2.29. The van der Waals surface area contributed by atoms with E-state index in [1.54, 1.807) is 38.5 Å². The minimum absolute atomic E-state index is 0.253. The Hall–Kier alpha value is -2.60. The first-order chi connectivity index (χ1) is 12.5. The Bertz CT molecular complexity index is 722. The zero-order valence-electron chi connectivity index (χ0n) is 15.0. The maximum Gasteiger partial charge on any atom is 0.315 e. The van der Waals surface area contributed by atoms with Crippen LogP contribution in [0.25, 0.3) is 0 Å². The van der Waals surface area contributed by atoms with E-state index in [0.717, 1.165) is 5.56 Å². The third-order valence-corrected chi connectivity index (χ3v) is 3.97. The van der Waals surface area contributed by atoms with Gasteiger partial charge in [-0.15, -0.1) is 0 Å². The Morgan fingerprint density at radius 1 is 1.08 bits per heavy atom. The fraction of sp³-hybridized carbons (Fsp3) is 0.316.